The third-order valence-corrected chi connectivity index (χ3v) is 8.47. The van der Waals surface area contributed by atoms with Gasteiger partial charge in [-0.1, -0.05) is 44.2 Å². The zero-order valence-electron chi connectivity index (χ0n) is 24.2. The minimum absolute atomic E-state index is 0.0172. The lowest BCUT2D eigenvalue weighted by atomic mass is 10.1. The van der Waals surface area contributed by atoms with Crippen LogP contribution < -0.4 is 14.9 Å². The number of nitrogens with one attached hydrogen (secondary N) is 2. The van der Waals surface area contributed by atoms with Crippen LogP contribution >= 0.6 is 0 Å². The summed E-state index contributed by atoms with van der Waals surface area (Å²) < 4.78 is 38.7. The number of carbonyl (C=O) groups is 3. The molecule has 4 rings (SSSR count). The minimum atomic E-state index is -3.96. The van der Waals surface area contributed by atoms with E-state index in [1.54, 1.807) is 82.4 Å². The predicted molar refractivity (Wildman–Crippen MR) is 161 cm³/mol. The van der Waals surface area contributed by atoms with Crippen LogP contribution in [0, 0.1) is 12.8 Å². The molecule has 0 aliphatic heterocycles. The van der Waals surface area contributed by atoms with Gasteiger partial charge in [-0.05, 0) is 60.4 Å². The van der Waals surface area contributed by atoms with Crippen molar-refractivity contribution in [3.05, 3.63) is 78.1 Å². The summed E-state index contributed by atoms with van der Waals surface area (Å²) in [7, 11) is -1.08. The maximum atomic E-state index is 13.1. The van der Waals surface area contributed by atoms with Crippen LogP contribution in [-0.4, -0.2) is 46.4 Å². The van der Waals surface area contributed by atoms with Gasteiger partial charge in [0.2, 0.25) is 15.9 Å². The quantitative estimate of drug-likeness (QED) is 0.258. The molecule has 0 spiro atoms. The van der Waals surface area contributed by atoms with Gasteiger partial charge in [-0.25, -0.2) is 8.42 Å². The molecule has 42 heavy (non-hydrogen) atoms. The first-order chi connectivity index (χ1) is 19.8. The summed E-state index contributed by atoms with van der Waals surface area (Å²) in [6, 6.07) is 17.6. The molecule has 220 valence electrons. The van der Waals surface area contributed by atoms with E-state index >= 15 is 0 Å². The van der Waals surface area contributed by atoms with Crippen molar-refractivity contribution < 1.29 is 32.0 Å². The molecule has 2 N–H and O–H groups in total. The molecule has 0 bridgehead atoms. The number of benzene rings is 3. The monoisotopic (exact) mass is 591 g/mol. The maximum Gasteiger partial charge on any atom is 0.324 e. The Hall–Kier alpha value is -4.48. The van der Waals surface area contributed by atoms with Gasteiger partial charge in [-0.15, -0.1) is 0 Å². The van der Waals surface area contributed by atoms with Gasteiger partial charge in [0.25, 0.3) is 5.91 Å². The van der Waals surface area contributed by atoms with Gasteiger partial charge in [0, 0.05) is 30.6 Å². The molecule has 2 amide bonds. The number of methoxy groups -OCH3 is 1. The molecule has 0 fully saturated rings. The highest BCUT2D eigenvalue weighted by Gasteiger charge is 2.29. The molecule has 0 saturated heterocycles. The fourth-order valence-corrected chi connectivity index (χ4v) is 5.86. The van der Waals surface area contributed by atoms with E-state index in [1.165, 1.54) is 31.1 Å². The molecule has 3 aromatic carbocycles. The number of aryl methyl sites for hydroxylation is 1. The molecule has 0 radical (unpaired) electrons. The Bertz CT molecular complexity index is 1740. The van der Waals surface area contributed by atoms with E-state index in [9.17, 15) is 22.8 Å². The van der Waals surface area contributed by atoms with Crippen LogP contribution in [0.2, 0.25) is 0 Å². The van der Waals surface area contributed by atoms with E-state index in [4.69, 9.17) is 9.15 Å². The van der Waals surface area contributed by atoms with Gasteiger partial charge in [-0.2, -0.15) is 4.72 Å². The summed E-state index contributed by atoms with van der Waals surface area (Å²) in [6.45, 7) is 6.69. The van der Waals surface area contributed by atoms with Crippen molar-refractivity contribution in [2.75, 3.05) is 24.4 Å². The summed E-state index contributed by atoms with van der Waals surface area (Å²) in [5.41, 5.74) is 3.88. The number of anilines is 2. The largest absolute Gasteiger partial charge is 0.468 e. The molecule has 0 aliphatic carbocycles. The Morgan fingerprint density at radius 1 is 0.929 bits per heavy atom. The number of hydrogen-bond acceptors (Lipinski definition) is 7. The number of nitrogens with zero attached hydrogens (tertiary/aromatic N) is 1. The molecule has 0 saturated carbocycles. The highest BCUT2D eigenvalue weighted by Crippen LogP contribution is 2.34. The van der Waals surface area contributed by atoms with E-state index in [2.05, 4.69) is 10.0 Å². The number of hydrogen-bond donors (Lipinski definition) is 2. The number of rotatable bonds is 9. The van der Waals surface area contributed by atoms with E-state index in [0.717, 1.165) is 11.1 Å². The lowest BCUT2D eigenvalue weighted by Crippen LogP contribution is -2.44. The van der Waals surface area contributed by atoms with Crippen LogP contribution in [0.15, 0.2) is 76.0 Å². The summed E-state index contributed by atoms with van der Waals surface area (Å²) in [5, 5.41) is 3.54. The molecule has 0 unspecified atom stereocenters. The minimum Gasteiger partial charge on any atom is -0.468 e. The maximum absolute atomic E-state index is 13.1. The first kappa shape index (κ1) is 30.5. The smallest absolute Gasteiger partial charge is 0.324 e. The predicted octanol–water partition coefficient (Wildman–Crippen LogP) is 5.12. The second kappa shape index (κ2) is 12.2. The van der Waals surface area contributed by atoms with Crippen molar-refractivity contribution >= 4 is 50.2 Å². The number of amides is 2. The average molecular weight is 592 g/mol. The zero-order chi connectivity index (χ0) is 30.8. The average Bonchev–Trinajstić information content (AvgIpc) is 3.32. The Morgan fingerprint density at radius 2 is 1.52 bits per heavy atom. The van der Waals surface area contributed by atoms with Crippen LogP contribution in [0.1, 0.15) is 36.9 Å². The highest BCUT2D eigenvalue weighted by molar-refractivity contribution is 7.89. The van der Waals surface area contributed by atoms with Crippen LogP contribution in [-0.2, 0) is 24.3 Å². The van der Waals surface area contributed by atoms with Gasteiger partial charge in [0.15, 0.2) is 5.76 Å². The summed E-state index contributed by atoms with van der Waals surface area (Å²) in [4.78, 5) is 38.6. The molecular formula is C31H33N3O7S. The molecule has 11 heteroatoms. The Labute approximate surface area is 244 Å². The van der Waals surface area contributed by atoms with Crippen LogP contribution in [0.3, 0.4) is 0 Å². The van der Waals surface area contributed by atoms with Gasteiger partial charge in [0.1, 0.15) is 11.6 Å². The Kier molecular flexibility index (Phi) is 8.83. The van der Waals surface area contributed by atoms with Gasteiger partial charge >= 0.3 is 5.97 Å². The second-order valence-electron chi connectivity index (χ2n) is 10.2. The Morgan fingerprint density at radius 3 is 2.07 bits per heavy atom. The molecule has 10 nitrogen and oxygen atoms in total. The molecule has 4 aromatic rings. The number of fused-ring (bicyclic) bond motifs is 1. The van der Waals surface area contributed by atoms with Gasteiger partial charge < -0.3 is 19.4 Å². The third kappa shape index (κ3) is 6.22. The molecular weight excluding hydrogens is 558 g/mol. The van der Waals surface area contributed by atoms with Crippen molar-refractivity contribution in [1.82, 2.24) is 4.72 Å². The van der Waals surface area contributed by atoms with E-state index in [-0.39, 0.29) is 22.5 Å². The summed E-state index contributed by atoms with van der Waals surface area (Å²) in [5.74, 6) is -1.37. The van der Waals surface area contributed by atoms with E-state index < -0.39 is 27.9 Å². The SMILES string of the molecule is COC(=O)[C@@H](NS(=O)(=O)c1ccc(-c2ccc(NC(=O)c3oc4cccc(N(C)C(C)=O)c4c3C)cc2)cc1)C(C)C. The number of esters is 1. The first-order valence-corrected chi connectivity index (χ1v) is 14.7. The van der Waals surface area contributed by atoms with E-state index in [1.807, 2.05) is 0 Å². The van der Waals surface area contributed by atoms with Crippen LogP contribution in [0.25, 0.3) is 22.1 Å². The molecule has 1 heterocycles. The summed E-state index contributed by atoms with van der Waals surface area (Å²) in [6.07, 6.45) is 0. The topological polar surface area (TPSA) is 135 Å². The van der Waals surface area contributed by atoms with Crippen molar-refractivity contribution in [1.29, 1.82) is 0 Å². The standard InChI is InChI=1S/C31H33N3O7S/c1-18(2)28(31(37)40-6)33-42(38,39)24-16-12-22(13-17-24)21-10-14-23(15-11-21)32-30(36)29-19(3)27-25(34(5)20(4)35)8-7-9-26(27)41-29/h7-18,28,33H,1-6H3,(H,32,36)/t28-/m0/s1. The number of carbonyl (C=O) groups excluding carboxylic acids is 3. The zero-order valence-corrected chi connectivity index (χ0v) is 25.0. The fraction of sp³-hybridized carbons (Fsp3) is 0.258. The van der Waals surface area contributed by atoms with Crippen LogP contribution in [0.5, 0.6) is 0 Å². The molecule has 0 aliphatic rings. The molecule has 1 atom stereocenters. The number of furan rings is 1. The van der Waals surface area contributed by atoms with Crippen molar-refractivity contribution in [3.8, 4) is 11.1 Å². The molecule has 1 aromatic heterocycles. The normalized spacial score (nSPS) is 12.3. The number of sulfonamides is 1. The van der Waals surface area contributed by atoms with Crippen molar-refractivity contribution in [2.45, 2.75) is 38.6 Å². The second-order valence-corrected chi connectivity index (χ2v) is 11.9. The highest BCUT2D eigenvalue weighted by atomic mass is 32.2. The van der Waals surface area contributed by atoms with Crippen molar-refractivity contribution in [2.24, 2.45) is 5.92 Å². The lowest BCUT2D eigenvalue weighted by Gasteiger charge is -2.19. The van der Waals surface area contributed by atoms with Crippen molar-refractivity contribution in [3.63, 3.8) is 0 Å². The Balaban J connectivity index is 1.50. The van der Waals surface area contributed by atoms with Gasteiger partial charge in [-0.3, -0.25) is 14.4 Å². The van der Waals surface area contributed by atoms with Gasteiger partial charge in [0.05, 0.1) is 17.7 Å². The van der Waals surface area contributed by atoms with Crippen LogP contribution in [0.4, 0.5) is 11.4 Å². The fourth-order valence-electron chi connectivity index (χ4n) is 4.53. The third-order valence-electron chi connectivity index (χ3n) is 7.02. The van der Waals surface area contributed by atoms with E-state index in [0.29, 0.717) is 27.9 Å². The first-order valence-electron chi connectivity index (χ1n) is 13.2. The number of ether oxygens (including phenoxy) is 1. The summed E-state index contributed by atoms with van der Waals surface area (Å²) >= 11 is 0. The lowest BCUT2D eigenvalue weighted by molar-refractivity contribution is -0.143.